The van der Waals surface area contributed by atoms with Crippen LogP contribution >= 0.6 is 0 Å². The van der Waals surface area contributed by atoms with Crippen LogP contribution in [0, 0.1) is 0 Å². The van der Waals surface area contributed by atoms with E-state index in [0.29, 0.717) is 0 Å². The fourth-order valence-electron chi connectivity index (χ4n) is 2.83. The van der Waals surface area contributed by atoms with Gasteiger partial charge in [0.25, 0.3) is 0 Å². The van der Waals surface area contributed by atoms with Crippen LogP contribution < -0.4 is 9.44 Å². The van der Waals surface area contributed by atoms with E-state index >= 15 is 0 Å². The lowest BCUT2D eigenvalue weighted by molar-refractivity contribution is 0.0976. The zero-order valence-corrected chi connectivity index (χ0v) is 15.4. The third-order valence-electron chi connectivity index (χ3n) is 4.11. The van der Waals surface area contributed by atoms with Gasteiger partial charge in [0, 0.05) is 16.7 Å². The molecule has 0 fully saturated rings. The van der Waals surface area contributed by atoms with Gasteiger partial charge in [-0.1, -0.05) is 24.3 Å². The highest BCUT2D eigenvalue weighted by atomic mass is 32.2. The van der Waals surface area contributed by atoms with Crippen molar-refractivity contribution in [2.75, 3.05) is 14.1 Å². The third kappa shape index (κ3) is 2.58. The van der Waals surface area contributed by atoms with Crippen molar-refractivity contribution in [1.29, 1.82) is 0 Å². The predicted octanol–water partition coefficient (Wildman–Crippen LogP) is 0.278. The first-order valence-electron chi connectivity index (χ1n) is 7.38. The minimum Gasteiger partial charge on any atom is -0.289 e. The molecule has 0 radical (unpaired) electrons. The van der Waals surface area contributed by atoms with Gasteiger partial charge in [-0.25, -0.2) is 26.3 Å². The molecule has 10 heteroatoms. The van der Waals surface area contributed by atoms with Crippen LogP contribution in [0.2, 0.25) is 0 Å². The number of benzene rings is 2. The number of hydrogen-bond donors (Lipinski definition) is 2. The lowest BCUT2D eigenvalue weighted by atomic mass is 9.84. The lowest BCUT2D eigenvalue weighted by Crippen LogP contribution is -2.31. The van der Waals surface area contributed by atoms with Crippen molar-refractivity contribution >= 4 is 31.6 Å². The Morgan fingerprint density at radius 1 is 0.692 bits per heavy atom. The summed E-state index contributed by atoms with van der Waals surface area (Å²) in [7, 11) is -6.36. The van der Waals surface area contributed by atoms with Gasteiger partial charge in [-0.05, 0) is 26.2 Å². The minimum atomic E-state index is -4.36. The Labute approximate surface area is 150 Å². The van der Waals surface area contributed by atoms with Crippen LogP contribution in [0.15, 0.2) is 46.2 Å². The van der Waals surface area contributed by atoms with Crippen LogP contribution in [-0.2, 0) is 20.0 Å². The molecule has 0 aromatic heterocycles. The minimum absolute atomic E-state index is 0.0246. The van der Waals surface area contributed by atoms with Crippen LogP contribution in [0.25, 0.3) is 0 Å². The summed E-state index contributed by atoms with van der Waals surface area (Å²) in [6.45, 7) is 0. The molecule has 2 aromatic carbocycles. The van der Waals surface area contributed by atoms with E-state index in [1.165, 1.54) is 18.2 Å². The van der Waals surface area contributed by atoms with Gasteiger partial charge in [0.05, 0.1) is 5.56 Å². The smallest absolute Gasteiger partial charge is 0.242 e. The Balaban J connectivity index is 2.50. The molecule has 0 amide bonds. The third-order valence-corrected chi connectivity index (χ3v) is 7.19. The van der Waals surface area contributed by atoms with E-state index in [1.54, 1.807) is 6.07 Å². The number of fused-ring (bicyclic) bond motifs is 2. The molecule has 0 heterocycles. The molecule has 0 unspecified atom stereocenters. The largest absolute Gasteiger partial charge is 0.289 e. The summed E-state index contributed by atoms with van der Waals surface area (Å²) in [5.74, 6) is -1.27. The highest BCUT2D eigenvalue weighted by molar-refractivity contribution is 7.92. The van der Waals surface area contributed by atoms with E-state index in [2.05, 4.69) is 0 Å². The van der Waals surface area contributed by atoms with Gasteiger partial charge in [-0.2, -0.15) is 0 Å². The molecule has 0 saturated heterocycles. The quantitative estimate of drug-likeness (QED) is 0.654. The first-order valence-corrected chi connectivity index (χ1v) is 10.3. The van der Waals surface area contributed by atoms with E-state index < -0.39 is 47.0 Å². The monoisotopic (exact) mass is 394 g/mol. The van der Waals surface area contributed by atoms with Crippen LogP contribution in [0.4, 0.5) is 0 Å². The van der Waals surface area contributed by atoms with Crippen molar-refractivity contribution in [3.63, 3.8) is 0 Å². The average Bonchev–Trinajstić information content (AvgIpc) is 2.64. The summed E-state index contributed by atoms with van der Waals surface area (Å²) in [4.78, 5) is 24.3. The number of hydrogen-bond acceptors (Lipinski definition) is 6. The highest BCUT2D eigenvalue weighted by Gasteiger charge is 2.38. The second-order valence-electron chi connectivity index (χ2n) is 5.43. The lowest BCUT2D eigenvalue weighted by Gasteiger charge is -2.21. The summed E-state index contributed by atoms with van der Waals surface area (Å²) in [6.07, 6.45) is 0. The van der Waals surface area contributed by atoms with E-state index in [4.69, 9.17) is 0 Å². The normalized spacial score (nSPS) is 14.1. The van der Waals surface area contributed by atoms with Crippen molar-refractivity contribution in [2.45, 2.75) is 9.79 Å². The maximum atomic E-state index is 12.9. The zero-order chi connectivity index (χ0) is 19.3. The number of rotatable bonds is 4. The fourth-order valence-corrected chi connectivity index (χ4v) is 5.31. The van der Waals surface area contributed by atoms with Gasteiger partial charge in [0.1, 0.15) is 9.79 Å². The standard InChI is InChI=1S/C16H14N2O6S2/c1-17-25(21,22)12-8-7-11-13(16(12)26(23,24)18-2)15(20)10-6-4-3-5-9(10)14(11)19/h3-8,17-18H,1-2H3. The first kappa shape index (κ1) is 18.4. The molecule has 136 valence electrons. The van der Waals surface area contributed by atoms with Gasteiger partial charge in [-0.15, -0.1) is 0 Å². The van der Waals surface area contributed by atoms with E-state index in [0.717, 1.165) is 26.2 Å². The number of carbonyl (C=O) groups excluding carboxylic acids is 2. The number of sulfonamides is 2. The molecule has 1 aliphatic carbocycles. The fraction of sp³-hybridized carbons (Fsp3) is 0.125. The van der Waals surface area contributed by atoms with Crippen LogP contribution in [0.3, 0.4) is 0 Å². The van der Waals surface area contributed by atoms with Gasteiger partial charge in [0.2, 0.25) is 20.0 Å². The van der Waals surface area contributed by atoms with E-state index in [1.807, 2.05) is 9.44 Å². The highest BCUT2D eigenvalue weighted by Crippen LogP contribution is 2.35. The second-order valence-corrected chi connectivity index (χ2v) is 9.11. The summed E-state index contributed by atoms with van der Waals surface area (Å²) in [5.41, 5.74) is -0.435. The molecule has 3 rings (SSSR count). The van der Waals surface area contributed by atoms with E-state index in [9.17, 15) is 26.4 Å². The molecule has 26 heavy (non-hydrogen) atoms. The predicted molar refractivity (Wildman–Crippen MR) is 92.2 cm³/mol. The Bertz CT molecular complexity index is 1170. The summed E-state index contributed by atoms with van der Waals surface area (Å²) in [5, 5.41) is 0. The van der Waals surface area contributed by atoms with Crippen molar-refractivity contribution in [3.05, 3.63) is 58.7 Å². The molecule has 0 atom stereocenters. The number of carbonyl (C=O) groups is 2. The molecule has 2 aromatic rings. The van der Waals surface area contributed by atoms with Crippen molar-refractivity contribution in [3.8, 4) is 0 Å². The SMILES string of the molecule is CNS(=O)(=O)c1ccc2c(c1S(=O)(=O)NC)C(=O)c1ccccc1C2=O. The molecule has 1 aliphatic rings. The van der Waals surface area contributed by atoms with Gasteiger partial charge in [0.15, 0.2) is 11.6 Å². The molecule has 0 bridgehead atoms. The van der Waals surface area contributed by atoms with Crippen molar-refractivity contribution in [1.82, 2.24) is 9.44 Å². The van der Waals surface area contributed by atoms with Gasteiger partial charge in [-0.3, -0.25) is 9.59 Å². The topological polar surface area (TPSA) is 126 Å². The summed E-state index contributed by atoms with van der Waals surface area (Å²) in [6, 6.07) is 8.14. The zero-order valence-electron chi connectivity index (χ0n) is 13.7. The van der Waals surface area contributed by atoms with Crippen LogP contribution in [0.5, 0.6) is 0 Å². The second kappa shape index (κ2) is 6.09. The molecular formula is C16H14N2O6S2. The number of ketones is 2. The van der Waals surface area contributed by atoms with Crippen LogP contribution in [-0.4, -0.2) is 42.5 Å². The van der Waals surface area contributed by atoms with Gasteiger partial charge < -0.3 is 0 Å². The maximum absolute atomic E-state index is 12.9. The molecule has 8 nitrogen and oxygen atoms in total. The Morgan fingerprint density at radius 2 is 1.23 bits per heavy atom. The molecular weight excluding hydrogens is 380 g/mol. The molecule has 0 saturated carbocycles. The van der Waals surface area contributed by atoms with Gasteiger partial charge >= 0.3 is 0 Å². The summed E-state index contributed by atoms with van der Waals surface area (Å²) >= 11 is 0. The first-order chi connectivity index (χ1) is 12.2. The Morgan fingerprint density at radius 3 is 1.77 bits per heavy atom. The van der Waals surface area contributed by atoms with Crippen molar-refractivity contribution < 1.29 is 26.4 Å². The average molecular weight is 394 g/mol. The Kier molecular flexibility index (Phi) is 4.31. The molecule has 2 N–H and O–H groups in total. The molecule has 0 spiro atoms. The van der Waals surface area contributed by atoms with Crippen molar-refractivity contribution in [2.24, 2.45) is 0 Å². The van der Waals surface area contributed by atoms with E-state index in [-0.39, 0.29) is 16.7 Å². The Hall–Kier alpha value is -2.40. The summed E-state index contributed by atoms with van der Waals surface area (Å²) < 4.78 is 53.8. The van der Waals surface area contributed by atoms with Crippen LogP contribution in [0.1, 0.15) is 31.8 Å². The maximum Gasteiger partial charge on any atom is 0.242 e. The number of nitrogens with one attached hydrogen (secondary N) is 2. The molecule has 0 aliphatic heterocycles.